The topological polar surface area (TPSA) is 60.9 Å². The number of rotatable bonds is 6. The third kappa shape index (κ3) is 5.40. The largest absolute Gasteiger partial charge is 0.490 e. The smallest absolute Gasteiger partial charge is 0.144 e. The van der Waals surface area contributed by atoms with Crippen LogP contribution in [0.3, 0.4) is 0 Å². The number of carbonyl (C=O) groups is 1. The van der Waals surface area contributed by atoms with Crippen LogP contribution >= 0.6 is 11.6 Å². The average molecular weight is 465 g/mol. The first-order valence-electron chi connectivity index (χ1n) is 11.1. The number of nitrogens with zero attached hydrogens (tertiary/aromatic N) is 3. The van der Waals surface area contributed by atoms with Crippen LogP contribution in [0.2, 0.25) is 5.02 Å². The molecule has 7 heteroatoms. The van der Waals surface area contributed by atoms with E-state index in [4.69, 9.17) is 16.3 Å². The van der Waals surface area contributed by atoms with Gasteiger partial charge in [-0.25, -0.2) is 4.99 Å². The van der Waals surface area contributed by atoms with Gasteiger partial charge in [0.15, 0.2) is 0 Å². The summed E-state index contributed by atoms with van der Waals surface area (Å²) in [5.41, 5.74) is 3.74. The lowest BCUT2D eigenvalue weighted by Crippen LogP contribution is -2.38. The molecule has 0 atom stereocenters. The number of aromatic nitrogens is 1. The number of nitrogens with one attached hydrogen (secondary N) is 1. The van der Waals surface area contributed by atoms with E-state index in [1.165, 1.54) is 11.5 Å². The van der Waals surface area contributed by atoms with Gasteiger partial charge in [0, 0.05) is 62.1 Å². The number of hydrogen-bond donors (Lipinski definition) is 1. The van der Waals surface area contributed by atoms with Gasteiger partial charge >= 0.3 is 0 Å². The molecule has 1 aliphatic heterocycles. The fraction of sp³-hybridized carbons (Fsp3) is 0.308. The number of anilines is 2. The van der Waals surface area contributed by atoms with Gasteiger partial charge in [-0.2, -0.15) is 0 Å². The Balaban J connectivity index is 1.38. The lowest BCUT2D eigenvalue weighted by Gasteiger charge is -2.34. The number of piperidine rings is 1. The first kappa shape index (κ1) is 22.9. The molecule has 2 aromatic carbocycles. The number of hydrogen-bond acceptors (Lipinski definition) is 4. The number of fused-ring (bicyclic) bond motifs is 1. The van der Waals surface area contributed by atoms with E-state index in [9.17, 15) is 4.79 Å². The summed E-state index contributed by atoms with van der Waals surface area (Å²) < 4.78 is 6.25. The lowest BCUT2D eigenvalue weighted by atomic mass is 10.1. The summed E-state index contributed by atoms with van der Waals surface area (Å²) in [6, 6.07) is 14.3. The second-order valence-corrected chi connectivity index (χ2v) is 8.74. The summed E-state index contributed by atoms with van der Waals surface area (Å²) >= 11 is 6.68. The number of aldehydes is 1. The highest BCUT2D eigenvalue weighted by Gasteiger charge is 2.22. The summed E-state index contributed by atoms with van der Waals surface area (Å²) in [7, 11) is 1.94. The highest BCUT2D eigenvalue weighted by atomic mass is 35.5. The zero-order valence-corrected chi connectivity index (χ0v) is 20.0. The van der Waals surface area contributed by atoms with E-state index < -0.39 is 0 Å². The third-order valence-electron chi connectivity index (χ3n) is 6.06. The van der Waals surface area contributed by atoms with E-state index >= 15 is 0 Å². The van der Waals surface area contributed by atoms with Gasteiger partial charge in [-0.1, -0.05) is 11.6 Å². The van der Waals surface area contributed by atoms with Crippen molar-refractivity contribution >= 4 is 46.0 Å². The summed E-state index contributed by atoms with van der Waals surface area (Å²) in [5.74, 6) is 1.69. The van der Waals surface area contributed by atoms with Gasteiger partial charge in [0.2, 0.25) is 0 Å². The Hall–Kier alpha value is -3.25. The molecule has 1 N–H and O–H groups in total. The van der Waals surface area contributed by atoms with Crippen molar-refractivity contribution in [2.24, 2.45) is 4.99 Å². The second kappa shape index (κ2) is 10.1. The molecule has 0 spiro atoms. The Morgan fingerprint density at radius 2 is 1.97 bits per heavy atom. The fourth-order valence-corrected chi connectivity index (χ4v) is 4.42. The Kier molecular flexibility index (Phi) is 7.04. The van der Waals surface area contributed by atoms with E-state index in [-0.39, 0.29) is 6.10 Å². The van der Waals surface area contributed by atoms with Crippen LogP contribution in [0.15, 0.2) is 65.4 Å². The van der Waals surface area contributed by atoms with Crippen molar-refractivity contribution in [3.63, 3.8) is 0 Å². The molecular formula is C26H29ClN4O2. The number of aromatic amines is 1. The molecule has 0 bridgehead atoms. The fourth-order valence-electron chi connectivity index (χ4n) is 4.12. The summed E-state index contributed by atoms with van der Waals surface area (Å²) in [6.45, 7) is 5.48. The second-order valence-electron chi connectivity index (χ2n) is 8.33. The quantitative estimate of drug-likeness (QED) is 0.216. The van der Waals surface area contributed by atoms with E-state index in [1.807, 2.05) is 43.3 Å². The van der Waals surface area contributed by atoms with Crippen molar-refractivity contribution in [3.8, 4) is 5.75 Å². The van der Waals surface area contributed by atoms with Crippen molar-refractivity contribution < 1.29 is 9.53 Å². The number of halogens is 1. The Labute approximate surface area is 199 Å². The standard InChI is InChI=1S/C26H29ClN4O2/c1-18(11-15-32)29-19(2)30(3)21-5-7-26(24(27)16-21)31-13-9-22(10-14-31)33-23-6-4-20-8-12-28-25(20)17-23/h4-8,11-12,15-17,22,28H,9-10,13-14H2,1-3H3/b18-11-,29-19-. The molecule has 1 fully saturated rings. The average Bonchev–Trinajstić information content (AvgIpc) is 3.27. The minimum absolute atomic E-state index is 0.194. The predicted molar refractivity (Wildman–Crippen MR) is 137 cm³/mol. The van der Waals surface area contributed by atoms with Crippen molar-refractivity contribution in [3.05, 3.63) is 65.5 Å². The highest BCUT2D eigenvalue weighted by molar-refractivity contribution is 6.33. The number of aliphatic imine (C=N–C) groups is 1. The van der Waals surface area contributed by atoms with Crippen LogP contribution in [0.5, 0.6) is 5.75 Å². The molecule has 1 aliphatic rings. The monoisotopic (exact) mass is 464 g/mol. The zero-order chi connectivity index (χ0) is 23.4. The van der Waals surface area contributed by atoms with Crippen LogP contribution in [-0.2, 0) is 4.79 Å². The van der Waals surface area contributed by atoms with Gasteiger partial charge < -0.3 is 19.5 Å². The number of allylic oxidation sites excluding steroid dienone is 2. The molecule has 4 rings (SSSR count). The van der Waals surface area contributed by atoms with Gasteiger partial charge in [0.1, 0.15) is 24.0 Å². The van der Waals surface area contributed by atoms with Gasteiger partial charge in [0.05, 0.1) is 10.7 Å². The van der Waals surface area contributed by atoms with Gasteiger partial charge in [-0.3, -0.25) is 4.79 Å². The van der Waals surface area contributed by atoms with Crippen molar-refractivity contribution in [2.75, 3.05) is 29.9 Å². The van der Waals surface area contributed by atoms with Crippen LogP contribution in [-0.4, -0.2) is 43.3 Å². The van der Waals surface area contributed by atoms with Crippen LogP contribution < -0.4 is 14.5 Å². The molecule has 0 unspecified atom stereocenters. The Morgan fingerprint density at radius 3 is 2.70 bits per heavy atom. The van der Waals surface area contributed by atoms with E-state index in [0.29, 0.717) is 10.7 Å². The molecular weight excluding hydrogens is 436 g/mol. The summed E-state index contributed by atoms with van der Waals surface area (Å²) in [5, 5.41) is 1.90. The minimum atomic E-state index is 0.194. The zero-order valence-electron chi connectivity index (χ0n) is 19.2. The molecule has 1 saturated heterocycles. The van der Waals surface area contributed by atoms with Crippen molar-refractivity contribution in [2.45, 2.75) is 32.8 Å². The van der Waals surface area contributed by atoms with Gasteiger partial charge in [-0.15, -0.1) is 0 Å². The molecule has 6 nitrogen and oxygen atoms in total. The van der Waals surface area contributed by atoms with Crippen LogP contribution in [0.25, 0.3) is 10.9 Å². The first-order chi connectivity index (χ1) is 15.9. The van der Waals surface area contributed by atoms with Crippen LogP contribution in [0, 0.1) is 0 Å². The van der Waals surface area contributed by atoms with Crippen molar-refractivity contribution in [1.82, 2.24) is 4.98 Å². The van der Waals surface area contributed by atoms with Crippen LogP contribution in [0.4, 0.5) is 11.4 Å². The highest BCUT2D eigenvalue weighted by Crippen LogP contribution is 2.33. The number of carbonyl (C=O) groups excluding carboxylic acids is 1. The van der Waals surface area contributed by atoms with Crippen LogP contribution in [0.1, 0.15) is 26.7 Å². The molecule has 2 heterocycles. The maximum Gasteiger partial charge on any atom is 0.144 e. The SMILES string of the molecule is CC(=C/C=O)/N=C(/C)N(C)c1ccc(N2CCC(Oc3ccc4cc[nH]c4c3)CC2)c(Cl)c1. The molecule has 0 amide bonds. The number of ether oxygens (including phenoxy) is 1. The Morgan fingerprint density at radius 1 is 1.18 bits per heavy atom. The summed E-state index contributed by atoms with van der Waals surface area (Å²) in [4.78, 5) is 22.6. The molecule has 172 valence electrons. The number of benzene rings is 2. The van der Waals surface area contributed by atoms with E-state index in [2.05, 4.69) is 39.1 Å². The molecule has 0 radical (unpaired) electrons. The number of amidine groups is 1. The summed E-state index contributed by atoms with van der Waals surface area (Å²) in [6.07, 6.45) is 6.20. The minimum Gasteiger partial charge on any atom is -0.490 e. The third-order valence-corrected chi connectivity index (χ3v) is 6.37. The maximum atomic E-state index is 10.6. The Bertz CT molecular complexity index is 1190. The van der Waals surface area contributed by atoms with E-state index in [1.54, 1.807) is 6.92 Å². The lowest BCUT2D eigenvalue weighted by molar-refractivity contribution is -0.104. The van der Waals surface area contributed by atoms with Crippen molar-refractivity contribution in [1.29, 1.82) is 0 Å². The maximum absolute atomic E-state index is 10.6. The van der Waals surface area contributed by atoms with Gasteiger partial charge in [0.25, 0.3) is 0 Å². The number of H-pyrrole nitrogens is 1. The first-order valence-corrected chi connectivity index (χ1v) is 11.5. The molecule has 3 aromatic rings. The molecule has 0 saturated carbocycles. The predicted octanol–water partition coefficient (Wildman–Crippen LogP) is 5.83. The van der Waals surface area contributed by atoms with Gasteiger partial charge in [-0.05, 0) is 61.7 Å². The normalized spacial score (nSPS) is 15.7. The van der Waals surface area contributed by atoms with E-state index in [0.717, 1.165) is 60.7 Å². The molecule has 33 heavy (non-hydrogen) atoms. The molecule has 0 aliphatic carbocycles. The molecule has 1 aromatic heterocycles.